The fraction of sp³-hybridized carbons (Fsp3) is 0.318. The lowest BCUT2D eigenvalue weighted by Crippen LogP contribution is -2.21. The van der Waals surface area contributed by atoms with Gasteiger partial charge in [0.25, 0.3) is 5.91 Å². The molecule has 2 heterocycles. The molecule has 1 N–H and O–H groups in total. The monoisotopic (exact) mass is 395 g/mol. The molecule has 1 amide bonds. The van der Waals surface area contributed by atoms with Crippen molar-refractivity contribution >= 4 is 33.3 Å². The summed E-state index contributed by atoms with van der Waals surface area (Å²) in [5.41, 5.74) is 4.81. The molecule has 0 saturated carbocycles. The molecule has 1 atom stereocenters. The summed E-state index contributed by atoms with van der Waals surface area (Å²) in [5, 5.41) is 1.06. The van der Waals surface area contributed by atoms with Crippen molar-refractivity contribution in [2.75, 3.05) is 38.3 Å². The summed E-state index contributed by atoms with van der Waals surface area (Å²) in [5.74, 6) is -0.0146. The van der Waals surface area contributed by atoms with E-state index in [0.717, 1.165) is 40.1 Å². The van der Waals surface area contributed by atoms with Gasteiger partial charge in [0.15, 0.2) is 0 Å². The Labute approximate surface area is 167 Å². The molecule has 0 radical (unpaired) electrons. The first-order valence-corrected chi connectivity index (χ1v) is 11.1. The number of fused-ring (bicyclic) bond motifs is 1. The van der Waals surface area contributed by atoms with Gasteiger partial charge in [0, 0.05) is 82.5 Å². The van der Waals surface area contributed by atoms with E-state index in [1.54, 1.807) is 25.3 Å². The van der Waals surface area contributed by atoms with Gasteiger partial charge in [0.1, 0.15) is 0 Å². The molecule has 6 heteroatoms. The van der Waals surface area contributed by atoms with E-state index in [4.69, 9.17) is 0 Å². The summed E-state index contributed by atoms with van der Waals surface area (Å²) in [6.07, 6.45) is 4.10. The average Bonchev–Trinajstić information content (AvgIpc) is 3.35. The minimum Gasteiger partial charge on any atom is -0.371 e. The number of carbonyl (C=O) groups excluding carboxylic acids is 1. The molecule has 0 aliphatic carbocycles. The van der Waals surface area contributed by atoms with Gasteiger partial charge in [-0.15, -0.1) is 0 Å². The zero-order valence-corrected chi connectivity index (χ0v) is 17.3. The van der Waals surface area contributed by atoms with Crippen LogP contribution in [0.5, 0.6) is 0 Å². The molecule has 1 aliphatic rings. The minimum absolute atomic E-state index is 0.0146. The highest BCUT2D eigenvalue weighted by Crippen LogP contribution is 2.35. The van der Waals surface area contributed by atoms with Gasteiger partial charge in [-0.3, -0.25) is 9.00 Å². The maximum Gasteiger partial charge on any atom is 0.253 e. The molecular formula is C22H25N3O2S. The number of nitrogens with zero attached hydrogens (tertiary/aromatic N) is 2. The van der Waals surface area contributed by atoms with Gasteiger partial charge in [-0.05, 0) is 49.2 Å². The van der Waals surface area contributed by atoms with E-state index in [1.165, 1.54) is 18.5 Å². The van der Waals surface area contributed by atoms with Crippen molar-refractivity contribution < 1.29 is 9.00 Å². The van der Waals surface area contributed by atoms with Crippen LogP contribution in [0.25, 0.3) is 22.2 Å². The van der Waals surface area contributed by atoms with Gasteiger partial charge >= 0.3 is 0 Å². The lowest BCUT2D eigenvalue weighted by atomic mass is 10.1. The molecular weight excluding hydrogens is 370 g/mol. The molecule has 28 heavy (non-hydrogen) atoms. The molecule has 1 saturated heterocycles. The summed E-state index contributed by atoms with van der Waals surface area (Å²) in [7, 11) is 2.47. The number of hydrogen-bond donors (Lipinski definition) is 1. The number of benzene rings is 2. The number of carbonyl (C=O) groups is 1. The Morgan fingerprint density at radius 2 is 1.82 bits per heavy atom. The minimum atomic E-state index is -1.04. The molecule has 1 aliphatic heterocycles. The SMILES string of the molecule is CN(C)C(=O)c1ccc2cc(-c3cc([S@@](C)=O)ccc3N3CCCC3)[nH]c2c1. The highest BCUT2D eigenvalue weighted by atomic mass is 32.2. The van der Waals surface area contributed by atoms with E-state index >= 15 is 0 Å². The predicted octanol–water partition coefficient (Wildman–Crippen LogP) is 3.87. The first-order valence-electron chi connectivity index (χ1n) is 9.51. The second-order valence-corrected chi connectivity index (χ2v) is 8.89. The van der Waals surface area contributed by atoms with Crippen LogP contribution in [-0.4, -0.2) is 53.4 Å². The standard InChI is InChI=1S/C22H25N3O2S/c1-24(2)22(26)16-7-6-15-12-20(23-19(15)13-16)18-14-17(28(3)27)8-9-21(18)25-10-4-5-11-25/h6-9,12-14,23H,4-5,10-11H2,1-3H3/t28-/m1/s1. The second-order valence-electron chi connectivity index (χ2n) is 7.51. The van der Waals surface area contributed by atoms with Crippen LogP contribution in [0.2, 0.25) is 0 Å². The van der Waals surface area contributed by atoms with E-state index in [-0.39, 0.29) is 5.91 Å². The first-order chi connectivity index (χ1) is 13.4. The highest BCUT2D eigenvalue weighted by molar-refractivity contribution is 7.84. The molecule has 3 aromatic rings. The number of rotatable bonds is 4. The number of anilines is 1. The maximum atomic E-state index is 12.3. The van der Waals surface area contributed by atoms with Gasteiger partial charge in [0.2, 0.25) is 0 Å². The third kappa shape index (κ3) is 3.44. The van der Waals surface area contributed by atoms with Gasteiger partial charge < -0.3 is 14.8 Å². The summed E-state index contributed by atoms with van der Waals surface area (Å²) in [6.45, 7) is 2.09. The van der Waals surface area contributed by atoms with E-state index in [0.29, 0.717) is 5.56 Å². The summed E-state index contributed by atoms with van der Waals surface area (Å²) < 4.78 is 12.1. The maximum absolute atomic E-state index is 12.3. The van der Waals surface area contributed by atoms with Crippen LogP contribution in [0.4, 0.5) is 5.69 Å². The van der Waals surface area contributed by atoms with Crippen LogP contribution >= 0.6 is 0 Å². The summed E-state index contributed by atoms with van der Waals surface area (Å²) >= 11 is 0. The van der Waals surface area contributed by atoms with Crippen molar-refractivity contribution in [1.29, 1.82) is 0 Å². The van der Waals surface area contributed by atoms with Crippen molar-refractivity contribution in [2.24, 2.45) is 0 Å². The van der Waals surface area contributed by atoms with Crippen molar-refractivity contribution in [3.8, 4) is 11.3 Å². The van der Waals surface area contributed by atoms with Crippen LogP contribution in [0.1, 0.15) is 23.2 Å². The van der Waals surface area contributed by atoms with Gasteiger partial charge in [-0.1, -0.05) is 6.07 Å². The van der Waals surface area contributed by atoms with Crippen molar-refractivity contribution in [2.45, 2.75) is 17.7 Å². The number of amides is 1. The van der Waals surface area contributed by atoms with Crippen LogP contribution in [-0.2, 0) is 10.8 Å². The van der Waals surface area contributed by atoms with E-state index in [1.807, 2.05) is 30.3 Å². The quantitative estimate of drug-likeness (QED) is 0.729. The van der Waals surface area contributed by atoms with Crippen LogP contribution in [0.3, 0.4) is 0 Å². The molecule has 1 aromatic heterocycles. The molecule has 2 aromatic carbocycles. The van der Waals surface area contributed by atoms with Crippen LogP contribution < -0.4 is 4.90 Å². The zero-order chi connectivity index (χ0) is 19.8. The Bertz CT molecular complexity index is 1060. The Hall–Kier alpha value is -2.60. The largest absolute Gasteiger partial charge is 0.371 e. The Morgan fingerprint density at radius 1 is 1.07 bits per heavy atom. The summed E-state index contributed by atoms with van der Waals surface area (Å²) in [6, 6.07) is 13.9. The molecule has 4 rings (SSSR count). The zero-order valence-electron chi connectivity index (χ0n) is 16.5. The second kappa shape index (κ2) is 7.43. The molecule has 0 spiro atoms. The van der Waals surface area contributed by atoms with Crippen molar-refractivity contribution in [3.05, 3.63) is 48.0 Å². The van der Waals surface area contributed by atoms with Gasteiger partial charge in [-0.2, -0.15) is 0 Å². The highest BCUT2D eigenvalue weighted by Gasteiger charge is 2.19. The molecule has 1 fully saturated rings. The fourth-order valence-electron chi connectivity index (χ4n) is 3.81. The average molecular weight is 396 g/mol. The lowest BCUT2D eigenvalue weighted by molar-refractivity contribution is 0.0827. The summed E-state index contributed by atoms with van der Waals surface area (Å²) in [4.78, 5) is 20.6. The topological polar surface area (TPSA) is 56.4 Å². The third-order valence-electron chi connectivity index (χ3n) is 5.31. The molecule has 146 valence electrons. The first kappa shape index (κ1) is 18.7. The van der Waals surface area contributed by atoms with Gasteiger partial charge in [-0.25, -0.2) is 0 Å². The van der Waals surface area contributed by atoms with Gasteiger partial charge in [0.05, 0.1) is 0 Å². The van der Waals surface area contributed by atoms with E-state index in [2.05, 4.69) is 22.0 Å². The Balaban J connectivity index is 1.82. The van der Waals surface area contributed by atoms with E-state index in [9.17, 15) is 9.00 Å². The molecule has 0 unspecified atom stereocenters. The van der Waals surface area contributed by atoms with E-state index < -0.39 is 10.8 Å². The normalized spacial score (nSPS) is 15.2. The Kier molecular flexibility index (Phi) is 4.98. The number of hydrogen-bond acceptors (Lipinski definition) is 3. The fourth-order valence-corrected chi connectivity index (χ4v) is 4.35. The van der Waals surface area contributed by atoms with Crippen molar-refractivity contribution in [3.63, 3.8) is 0 Å². The van der Waals surface area contributed by atoms with Crippen molar-refractivity contribution in [1.82, 2.24) is 9.88 Å². The number of nitrogens with one attached hydrogen (secondary N) is 1. The Morgan fingerprint density at radius 3 is 2.50 bits per heavy atom. The lowest BCUT2D eigenvalue weighted by Gasteiger charge is -2.21. The molecule has 0 bridgehead atoms. The third-order valence-corrected chi connectivity index (χ3v) is 6.23. The molecule has 5 nitrogen and oxygen atoms in total. The van der Waals surface area contributed by atoms with Crippen LogP contribution in [0, 0.1) is 0 Å². The predicted molar refractivity (Wildman–Crippen MR) is 116 cm³/mol. The number of H-pyrrole nitrogens is 1. The number of aromatic amines is 1. The van der Waals surface area contributed by atoms with Crippen LogP contribution in [0.15, 0.2) is 47.4 Å². The smallest absolute Gasteiger partial charge is 0.253 e. The number of aromatic nitrogens is 1.